The number of nitrogens with one attached hydrogen (secondary N) is 1. The third-order valence-electron chi connectivity index (χ3n) is 3.91. The standard InChI is InChI=1S/C17H16ClNO/c1-11(12-5-3-2-4-6-12)17-13-7-10-16(20)19-15(13)9-8-14(17)18/h2-6,8-9,11H,7,10H2,1H3,(H,19,20). The third-order valence-corrected chi connectivity index (χ3v) is 4.24. The minimum atomic E-state index is 0.0816. The summed E-state index contributed by atoms with van der Waals surface area (Å²) in [6.45, 7) is 2.16. The fourth-order valence-corrected chi connectivity index (χ4v) is 3.19. The monoisotopic (exact) mass is 285 g/mol. The number of hydrogen-bond acceptors (Lipinski definition) is 1. The van der Waals surface area contributed by atoms with Crippen LogP contribution in [0.1, 0.15) is 36.0 Å². The lowest BCUT2D eigenvalue weighted by molar-refractivity contribution is -0.116. The Hall–Kier alpha value is -1.80. The van der Waals surface area contributed by atoms with Gasteiger partial charge in [0.05, 0.1) is 0 Å². The molecule has 0 aromatic heterocycles. The second-order valence-electron chi connectivity index (χ2n) is 5.17. The summed E-state index contributed by atoms with van der Waals surface area (Å²) in [5.41, 5.74) is 4.45. The summed E-state index contributed by atoms with van der Waals surface area (Å²) < 4.78 is 0. The van der Waals surface area contributed by atoms with Gasteiger partial charge in [0.2, 0.25) is 5.91 Å². The zero-order valence-electron chi connectivity index (χ0n) is 11.3. The molecule has 0 aliphatic carbocycles. The number of rotatable bonds is 2. The van der Waals surface area contributed by atoms with E-state index < -0.39 is 0 Å². The van der Waals surface area contributed by atoms with Crippen LogP contribution in [0.4, 0.5) is 5.69 Å². The average molecular weight is 286 g/mol. The van der Waals surface area contributed by atoms with E-state index in [-0.39, 0.29) is 11.8 Å². The van der Waals surface area contributed by atoms with Crippen LogP contribution in [-0.2, 0) is 11.2 Å². The Morgan fingerprint density at radius 1 is 1.10 bits per heavy atom. The Morgan fingerprint density at radius 3 is 2.60 bits per heavy atom. The van der Waals surface area contributed by atoms with E-state index in [1.54, 1.807) is 0 Å². The maximum absolute atomic E-state index is 11.5. The molecule has 2 aromatic carbocycles. The summed E-state index contributed by atoms with van der Waals surface area (Å²) in [5.74, 6) is 0.298. The van der Waals surface area contributed by atoms with Crippen molar-refractivity contribution in [1.29, 1.82) is 0 Å². The van der Waals surface area contributed by atoms with Gasteiger partial charge in [-0.05, 0) is 35.2 Å². The lowest BCUT2D eigenvalue weighted by Gasteiger charge is -2.24. The van der Waals surface area contributed by atoms with E-state index in [1.807, 2.05) is 30.3 Å². The molecule has 0 radical (unpaired) electrons. The first-order valence-corrected chi connectivity index (χ1v) is 7.20. The highest BCUT2D eigenvalue weighted by atomic mass is 35.5. The van der Waals surface area contributed by atoms with E-state index >= 15 is 0 Å². The quantitative estimate of drug-likeness (QED) is 0.872. The smallest absolute Gasteiger partial charge is 0.224 e. The van der Waals surface area contributed by atoms with E-state index in [1.165, 1.54) is 11.1 Å². The predicted molar refractivity (Wildman–Crippen MR) is 82.4 cm³/mol. The average Bonchev–Trinajstić information content (AvgIpc) is 2.48. The molecule has 20 heavy (non-hydrogen) atoms. The molecule has 2 nitrogen and oxygen atoms in total. The summed E-state index contributed by atoms with van der Waals surface area (Å²) in [6.07, 6.45) is 1.29. The van der Waals surface area contributed by atoms with Crippen LogP contribution >= 0.6 is 11.6 Å². The zero-order chi connectivity index (χ0) is 14.1. The fraction of sp³-hybridized carbons (Fsp3) is 0.235. The molecule has 1 atom stereocenters. The highest BCUT2D eigenvalue weighted by molar-refractivity contribution is 6.31. The molecular formula is C17H16ClNO. The van der Waals surface area contributed by atoms with Crippen molar-refractivity contribution in [3.8, 4) is 0 Å². The number of carbonyl (C=O) groups is 1. The van der Waals surface area contributed by atoms with E-state index in [2.05, 4.69) is 24.4 Å². The van der Waals surface area contributed by atoms with Crippen LogP contribution < -0.4 is 5.32 Å². The maximum atomic E-state index is 11.5. The molecule has 1 unspecified atom stereocenters. The molecule has 1 N–H and O–H groups in total. The minimum Gasteiger partial charge on any atom is -0.326 e. The molecule has 102 valence electrons. The molecule has 0 spiro atoms. The molecule has 1 aliphatic heterocycles. The normalized spacial score (nSPS) is 15.4. The van der Waals surface area contributed by atoms with Crippen molar-refractivity contribution in [3.63, 3.8) is 0 Å². The van der Waals surface area contributed by atoms with Gasteiger partial charge in [-0.2, -0.15) is 0 Å². The molecule has 1 amide bonds. The van der Waals surface area contributed by atoms with E-state index in [0.29, 0.717) is 6.42 Å². The molecule has 2 aromatic rings. The van der Waals surface area contributed by atoms with Crippen molar-refractivity contribution in [2.75, 3.05) is 5.32 Å². The molecule has 0 bridgehead atoms. The zero-order valence-corrected chi connectivity index (χ0v) is 12.1. The fourth-order valence-electron chi connectivity index (χ4n) is 2.85. The van der Waals surface area contributed by atoms with Crippen LogP contribution in [0.2, 0.25) is 5.02 Å². The van der Waals surface area contributed by atoms with Gasteiger partial charge >= 0.3 is 0 Å². The Balaban J connectivity index is 2.09. The predicted octanol–water partition coefficient (Wildman–Crippen LogP) is 4.38. The first-order valence-electron chi connectivity index (χ1n) is 6.83. The van der Waals surface area contributed by atoms with Crippen molar-refractivity contribution in [1.82, 2.24) is 0 Å². The second kappa shape index (κ2) is 5.29. The molecule has 1 aliphatic rings. The molecule has 0 fully saturated rings. The highest BCUT2D eigenvalue weighted by Gasteiger charge is 2.23. The summed E-state index contributed by atoms with van der Waals surface area (Å²) in [7, 11) is 0. The van der Waals surface area contributed by atoms with Crippen LogP contribution in [0, 0.1) is 0 Å². The number of fused-ring (bicyclic) bond motifs is 1. The lowest BCUT2D eigenvalue weighted by Crippen LogP contribution is -2.20. The third kappa shape index (κ3) is 2.32. The highest BCUT2D eigenvalue weighted by Crippen LogP contribution is 2.38. The van der Waals surface area contributed by atoms with Crippen molar-refractivity contribution >= 4 is 23.2 Å². The van der Waals surface area contributed by atoms with Crippen molar-refractivity contribution in [2.24, 2.45) is 0 Å². The Morgan fingerprint density at radius 2 is 1.85 bits per heavy atom. The van der Waals surface area contributed by atoms with Gasteiger partial charge in [-0.25, -0.2) is 0 Å². The van der Waals surface area contributed by atoms with Gasteiger partial charge < -0.3 is 5.32 Å². The van der Waals surface area contributed by atoms with Crippen molar-refractivity contribution < 1.29 is 4.79 Å². The Kier molecular flexibility index (Phi) is 3.49. The first kappa shape index (κ1) is 13.2. The van der Waals surface area contributed by atoms with Crippen LogP contribution in [0.3, 0.4) is 0 Å². The SMILES string of the molecule is CC(c1ccccc1)c1c(Cl)ccc2c1CCC(=O)N2. The van der Waals surface area contributed by atoms with Crippen LogP contribution in [0.15, 0.2) is 42.5 Å². The maximum Gasteiger partial charge on any atom is 0.224 e. The first-order chi connectivity index (χ1) is 9.66. The second-order valence-corrected chi connectivity index (χ2v) is 5.57. The van der Waals surface area contributed by atoms with Gasteiger partial charge in [-0.3, -0.25) is 4.79 Å². The van der Waals surface area contributed by atoms with Crippen molar-refractivity contribution in [2.45, 2.75) is 25.7 Å². The van der Waals surface area contributed by atoms with Gasteiger partial charge in [-0.15, -0.1) is 0 Å². The van der Waals surface area contributed by atoms with E-state index in [0.717, 1.165) is 22.7 Å². The van der Waals surface area contributed by atoms with Crippen LogP contribution in [0.25, 0.3) is 0 Å². The summed E-state index contributed by atoms with van der Waals surface area (Å²) in [5, 5.41) is 3.71. The molecule has 3 rings (SSSR count). The molecular weight excluding hydrogens is 270 g/mol. The van der Waals surface area contributed by atoms with Crippen LogP contribution in [-0.4, -0.2) is 5.91 Å². The van der Waals surface area contributed by atoms with Gasteiger partial charge in [0.15, 0.2) is 0 Å². The van der Waals surface area contributed by atoms with Crippen molar-refractivity contribution in [3.05, 3.63) is 64.2 Å². The topological polar surface area (TPSA) is 29.1 Å². The number of amides is 1. The van der Waals surface area contributed by atoms with Crippen LogP contribution in [0.5, 0.6) is 0 Å². The summed E-state index contributed by atoms with van der Waals surface area (Å²) in [6, 6.07) is 14.1. The number of anilines is 1. The molecule has 1 heterocycles. The molecule has 3 heteroatoms. The Labute approximate surface area is 123 Å². The molecule has 0 saturated carbocycles. The summed E-state index contributed by atoms with van der Waals surface area (Å²) >= 11 is 6.43. The van der Waals surface area contributed by atoms with Gasteiger partial charge in [0.1, 0.15) is 0 Å². The number of hydrogen-bond donors (Lipinski definition) is 1. The number of benzene rings is 2. The van der Waals surface area contributed by atoms with E-state index in [9.17, 15) is 4.79 Å². The largest absolute Gasteiger partial charge is 0.326 e. The number of halogens is 1. The van der Waals surface area contributed by atoms with E-state index in [4.69, 9.17) is 11.6 Å². The lowest BCUT2D eigenvalue weighted by atomic mass is 9.86. The van der Waals surface area contributed by atoms with Gasteiger partial charge in [-0.1, -0.05) is 48.9 Å². The molecule has 0 saturated heterocycles. The summed E-state index contributed by atoms with van der Waals surface area (Å²) in [4.78, 5) is 11.5. The Bertz CT molecular complexity index is 652. The number of carbonyl (C=O) groups excluding carboxylic acids is 1. The van der Waals surface area contributed by atoms with Gasteiger partial charge in [0.25, 0.3) is 0 Å². The minimum absolute atomic E-state index is 0.0816. The van der Waals surface area contributed by atoms with Gasteiger partial charge in [0, 0.05) is 23.0 Å².